The summed E-state index contributed by atoms with van der Waals surface area (Å²) >= 11 is 3.09. The molecule has 6 nitrogen and oxygen atoms in total. The molecule has 3 rings (SSSR count). The molecule has 1 amide bonds. The van der Waals surface area contributed by atoms with Crippen molar-refractivity contribution in [3.05, 3.63) is 58.4 Å². The third-order valence-electron chi connectivity index (χ3n) is 4.38. The molecule has 0 aliphatic carbocycles. The van der Waals surface area contributed by atoms with Crippen molar-refractivity contribution in [3.63, 3.8) is 0 Å². The van der Waals surface area contributed by atoms with E-state index in [1.807, 2.05) is 29.7 Å². The first-order valence-electron chi connectivity index (χ1n) is 9.68. The van der Waals surface area contributed by atoms with Gasteiger partial charge in [0.2, 0.25) is 0 Å². The minimum Gasteiger partial charge on any atom is -0.465 e. The molecule has 0 N–H and O–H groups in total. The van der Waals surface area contributed by atoms with Crippen molar-refractivity contribution < 1.29 is 19.1 Å². The normalized spacial score (nSPS) is 11.8. The Bertz CT molecular complexity index is 1100. The highest BCUT2D eigenvalue weighted by atomic mass is 32.2. The Labute approximate surface area is 183 Å². The first-order chi connectivity index (χ1) is 14.6. The van der Waals surface area contributed by atoms with Gasteiger partial charge in [-0.1, -0.05) is 18.3 Å². The number of carbonyl (C=O) groups is 2. The van der Waals surface area contributed by atoms with Crippen LogP contribution in [0.15, 0.2) is 52.4 Å². The molecule has 1 heterocycles. The summed E-state index contributed by atoms with van der Waals surface area (Å²) in [6, 6.07) is 12.8. The molecule has 0 aliphatic heterocycles. The van der Waals surface area contributed by atoms with E-state index in [-0.39, 0.29) is 5.91 Å². The molecule has 0 spiro atoms. The van der Waals surface area contributed by atoms with E-state index >= 15 is 0 Å². The van der Waals surface area contributed by atoms with Gasteiger partial charge in [-0.3, -0.25) is 4.79 Å². The lowest BCUT2D eigenvalue weighted by atomic mass is 10.2. The van der Waals surface area contributed by atoms with Gasteiger partial charge in [0.25, 0.3) is 5.91 Å². The van der Waals surface area contributed by atoms with Gasteiger partial charge in [0, 0.05) is 23.6 Å². The molecule has 0 saturated heterocycles. The van der Waals surface area contributed by atoms with E-state index in [4.69, 9.17) is 9.47 Å². The molecule has 0 radical (unpaired) electrons. The molecule has 0 aliphatic rings. The van der Waals surface area contributed by atoms with E-state index in [1.54, 1.807) is 36.0 Å². The predicted molar refractivity (Wildman–Crippen MR) is 120 cm³/mol. The van der Waals surface area contributed by atoms with Gasteiger partial charge in [0.15, 0.2) is 4.80 Å². The van der Waals surface area contributed by atoms with Gasteiger partial charge in [0.05, 0.1) is 29.5 Å². The van der Waals surface area contributed by atoms with Crippen LogP contribution in [0.4, 0.5) is 0 Å². The fourth-order valence-corrected chi connectivity index (χ4v) is 4.69. The Balaban J connectivity index is 2.01. The fourth-order valence-electron chi connectivity index (χ4n) is 2.93. The van der Waals surface area contributed by atoms with E-state index in [0.717, 1.165) is 20.9 Å². The first-order valence-corrected chi connectivity index (χ1v) is 11.5. The van der Waals surface area contributed by atoms with Gasteiger partial charge in [-0.15, -0.1) is 11.8 Å². The smallest absolute Gasteiger partial charge is 0.337 e. The van der Waals surface area contributed by atoms with Crippen molar-refractivity contribution in [2.45, 2.75) is 25.3 Å². The highest BCUT2D eigenvalue weighted by Gasteiger charge is 2.13. The van der Waals surface area contributed by atoms with Crippen LogP contribution in [0.2, 0.25) is 0 Å². The first kappa shape index (κ1) is 22.3. The van der Waals surface area contributed by atoms with E-state index in [0.29, 0.717) is 35.7 Å². The molecule has 1 aromatic heterocycles. The highest BCUT2D eigenvalue weighted by Crippen LogP contribution is 2.21. The SMILES string of the molecule is CCOCCn1c(=NC(=O)c2ccc(SCC)cc2)sc2cc(C(=O)OC)ccc21. The number of thioether (sulfide) groups is 1. The number of amides is 1. The molecule has 30 heavy (non-hydrogen) atoms. The Morgan fingerprint density at radius 3 is 2.50 bits per heavy atom. The molecule has 0 saturated carbocycles. The van der Waals surface area contributed by atoms with Crippen molar-refractivity contribution in [2.75, 3.05) is 26.1 Å². The number of ether oxygens (including phenoxy) is 2. The number of carbonyl (C=O) groups excluding carboxylic acids is 2. The van der Waals surface area contributed by atoms with Crippen LogP contribution < -0.4 is 4.80 Å². The molecule has 2 aromatic carbocycles. The second-order valence-electron chi connectivity index (χ2n) is 6.28. The van der Waals surface area contributed by atoms with E-state index in [9.17, 15) is 9.59 Å². The molecule has 8 heteroatoms. The molecule has 0 atom stereocenters. The quantitative estimate of drug-likeness (QED) is 0.293. The minimum atomic E-state index is -0.397. The standard InChI is InChI=1S/C22H24N2O4S2/c1-4-28-13-12-24-18-11-8-16(21(26)27-3)14-19(18)30-22(24)23-20(25)15-6-9-17(10-7-15)29-5-2/h6-11,14H,4-5,12-13H2,1-3H3. The molecular weight excluding hydrogens is 420 g/mol. The number of hydrogen-bond acceptors (Lipinski definition) is 6. The van der Waals surface area contributed by atoms with Crippen molar-refractivity contribution >= 4 is 45.2 Å². The average molecular weight is 445 g/mol. The van der Waals surface area contributed by atoms with Gasteiger partial charge in [-0.25, -0.2) is 4.79 Å². The molecule has 0 unspecified atom stereocenters. The summed E-state index contributed by atoms with van der Waals surface area (Å²) in [5.74, 6) is 0.283. The molecule has 0 bridgehead atoms. The third-order valence-corrected chi connectivity index (χ3v) is 6.31. The van der Waals surface area contributed by atoms with Crippen molar-refractivity contribution in [2.24, 2.45) is 4.99 Å². The van der Waals surface area contributed by atoms with Crippen LogP contribution in [-0.2, 0) is 16.0 Å². The summed E-state index contributed by atoms with van der Waals surface area (Å²) in [7, 11) is 1.35. The second-order valence-corrected chi connectivity index (χ2v) is 8.63. The number of nitrogens with zero attached hydrogens (tertiary/aromatic N) is 2. The summed E-state index contributed by atoms with van der Waals surface area (Å²) in [4.78, 5) is 30.7. The number of fused-ring (bicyclic) bond motifs is 1. The summed E-state index contributed by atoms with van der Waals surface area (Å²) in [5, 5.41) is 0. The van der Waals surface area contributed by atoms with E-state index in [1.165, 1.54) is 18.4 Å². The lowest BCUT2D eigenvalue weighted by Gasteiger charge is -2.06. The molecule has 3 aromatic rings. The fraction of sp³-hybridized carbons (Fsp3) is 0.318. The Hall–Kier alpha value is -2.42. The lowest BCUT2D eigenvalue weighted by Crippen LogP contribution is -2.19. The van der Waals surface area contributed by atoms with Crippen LogP contribution in [-0.4, -0.2) is 42.5 Å². The van der Waals surface area contributed by atoms with Gasteiger partial charge < -0.3 is 14.0 Å². The minimum absolute atomic E-state index is 0.298. The van der Waals surface area contributed by atoms with Crippen molar-refractivity contribution in [1.82, 2.24) is 4.57 Å². The summed E-state index contributed by atoms with van der Waals surface area (Å²) < 4.78 is 13.1. The summed E-state index contributed by atoms with van der Waals surface area (Å²) in [6.07, 6.45) is 0. The van der Waals surface area contributed by atoms with Crippen LogP contribution in [0.25, 0.3) is 10.2 Å². The lowest BCUT2D eigenvalue weighted by molar-refractivity contribution is 0.0600. The zero-order chi connectivity index (χ0) is 21.5. The largest absolute Gasteiger partial charge is 0.465 e. The third kappa shape index (κ3) is 5.19. The average Bonchev–Trinajstić information content (AvgIpc) is 3.10. The molecule has 0 fully saturated rings. The van der Waals surface area contributed by atoms with Gasteiger partial charge in [-0.2, -0.15) is 4.99 Å². The van der Waals surface area contributed by atoms with Crippen LogP contribution in [0.3, 0.4) is 0 Å². The Kier molecular flexibility index (Phi) is 7.84. The summed E-state index contributed by atoms with van der Waals surface area (Å²) in [5.41, 5.74) is 1.90. The van der Waals surface area contributed by atoms with E-state index in [2.05, 4.69) is 11.9 Å². The maximum absolute atomic E-state index is 12.8. The molecule has 158 valence electrons. The zero-order valence-electron chi connectivity index (χ0n) is 17.2. The number of aromatic nitrogens is 1. The van der Waals surface area contributed by atoms with Gasteiger partial charge in [0.1, 0.15) is 0 Å². The highest BCUT2D eigenvalue weighted by molar-refractivity contribution is 7.99. The maximum Gasteiger partial charge on any atom is 0.337 e. The van der Waals surface area contributed by atoms with Crippen molar-refractivity contribution in [1.29, 1.82) is 0 Å². The van der Waals surface area contributed by atoms with Gasteiger partial charge in [-0.05, 0) is 55.1 Å². The number of esters is 1. The van der Waals surface area contributed by atoms with Crippen LogP contribution in [0, 0.1) is 0 Å². The zero-order valence-corrected chi connectivity index (χ0v) is 18.8. The van der Waals surface area contributed by atoms with Crippen LogP contribution in [0.5, 0.6) is 0 Å². The van der Waals surface area contributed by atoms with E-state index < -0.39 is 5.97 Å². The van der Waals surface area contributed by atoms with Crippen LogP contribution in [0.1, 0.15) is 34.6 Å². The number of methoxy groups -OCH3 is 1. The topological polar surface area (TPSA) is 69.9 Å². The Morgan fingerprint density at radius 2 is 1.83 bits per heavy atom. The number of hydrogen-bond donors (Lipinski definition) is 0. The van der Waals surface area contributed by atoms with Gasteiger partial charge >= 0.3 is 5.97 Å². The second kappa shape index (κ2) is 10.6. The molecular formula is C22H24N2O4S2. The Morgan fingerprint density at radius 1 is 1.10 bits per heavy atom. The number of benzene rings is 2. The summed E-state index contributed by atoms with van der Waals surface area (Å²) in [6.45, 7) is 5.71. The number of rotatable bonds is 8. The monoisotopic (exact) mass is 444 g/mol. The number of thiazole rings is 1. The maximum atomic E-state index is 12.8. The van der Waals surface area contributed by atoms with Crippen LogP contribution >= 0.6 is 23.1 Å². The predicted octanol–water partition coefficient (Wildman–Crippen LogP) is 4.38. The van der Waals surface area contributed by atoms with Crippen molar-refractivity contribution in [3.8, 4) is 0 Å².